The van der Waals surface area contributed by atoms with Gasteiger partial charge in [-0.05, 0) is 15.5 Å². The lowest BCUT2D eigenvalue weighted by Crippen LogP contribution is -2.48. The molecule has 64 valence electrons. The smallest absolute Gasteiger partial charge is 0.0904 e. The summed E-state index contributed by atoms with van der Waals surface area (Å²) < 4.78 is -0.431. The molecule has 0 amide bonds. The molecule has 0 unspecified atom stereocenters. The first kappa shape index (κ1) is 11.4. The number of hydrogen-bond acceptors (Lipinski definition) is 1. The molecular weight excluding hydrogens is 151 g/mol. The van der Waals surface area contributed by atoms with Gasteiger partial charge < -0.3 is 0 Å². The van der Waals surface area contributed by atoms with E-state index in [-0.39, 0.29) is 10.8 Å². The Kier molecular flexibility index (Phi) is 2.83. The molecule has 0 saturated heterocycles. The van der Waals surface area contributed by atoms with E-state index in [1.165, 1.54) is 0 Å². The van der Waals surface area contributed by atoms with Crippen LogP contribution in [0, 0.1) is 10.8 Å². The Morgan fingerprint density at radius 3 is 1.00 bits per heavy atom. The molecule has 2 heteroatoms. The van der Waals surface area contributed by atoms with Gasteiger partial charge in [0.15, 0.2) is 0 Å². The lowest BCUT2D eigenvalue weighted by molar-refractivity contribution is 0.216. The number of thiol groups is 1. The second-order valence-corrected chi connectivity index (χ2v) is 5.97. The van der Waals surface area contributed by atoms with Crippen LogP contribution in [-0.4, -0.2) is 12.5 Å². The van der Waals surface area contributed by atoms with Crippen molar-refractivity contribution in [2.75, 3.05) is 0 Å². The molecule has 0 nitrogen and oxygen atoms in total. The molecular formula is C9H19BS. The maximum atomic E-state index is 6.14. The molecule has 0 aromatic rings. The van der Waals surface area contributed by atoms with Crippen molar-refractivity contribution in [1.82, 2.24) is 0 Å². The van der Waals surface area contributed by atoms with Gasteiger partial charge in [0, 0.05) is 0 Å². The molecule has 0 heterocycles. The number of rotatable bonds is 0. The van der Waals surface area contributed by atoms with E-state index in [4.69, 9.17) is 7.85 Å². The summed E-state index contributed by atoms with van der Waals surface area (Å²) in [5.74, 6) is 0. The molecule has 2 radical (unpaired) electrons. The predicted octanol–water partition coefficient (Wildman–Crippen LogP) is 2.87. The first-order chi connectivity index (χ1) is 4.50. The lowest BCUT2D eigenvalue weighted by Gasteiger charge is -2.48. The highest BCUT2D eigenvalue weighted by Gasteiger charge is 2.42. The van der Waals surface area contributed by atoms with Crippen molar-refractivity contribution in [3.63, 3.8) is 0 Å². The third-order valence-electron chi connectivity index (χ3n) is 2.29. The van der Waals surface area contributed by atoms with E-state index in [1.807, 2.05) is 0 Å². The van der Waals surface area contributed by atoms with Crippen molar-refractivity contribution in [2.45, 2.75) is 46.2 Å². The minimum absolute atomic E-state index is 0.0222. The van der Waals surface area contributed by atoms with Crippen LogP contribution in [0.15, 0.2) is 0 Å². The van der Waals surface area contributed by atoms with Crippen LogP contribution in [0.2, 0.25) is 0 Å². The quantitative estimate of drug-likeness (QED) is 0.419. The fourth-order valence-corrected chi connectivity index (χ4v) is 1.12. The van der Waals surface area contributed by atoms with Gasteiger partial charge in [0.05, 0.1) is 7.85 Å². The third-order valence-corrected chi connectivity index (χ3v) is 3.63. The van der Waals surface area contributed by atoms with Gasteiger partial charge in [0.2, 0.25) is 0 Å². The molecule has 0 aliphatic heterocycles. The summed E-state index contributed by atoms with van der Waals surface area (Å²) in [6.45, 7) is 12.7. The minimum atomic E-state index is -0.431. The van der Waals surface area contributed by atoms with Crippen LogP contribution in [0.1, 0.15) is 41.5 Å². The SMILES string of the molecule is [B]C(S)(C(C)(C)C)C(C)(C)C. The first-order valence-electron chi connectivity index (χ1n) is 4.01. The molecule has 0 fully saturated rings. The highest BCUT2D eigenvalue weighted by molar-refractivity contribution is 7.83. The van der Waals surface area contributed by atoms with E-state index in [9.17, 15) is 0 Å². The standard InChI is InChI=1S/C9H19BS/c1-7(2,3)9(10,11)8(4,5)6/h11H,1-6H3. The van der Waals surface area contributed by atoms with Crippen LogP contribution in [0.3, 0.4) is 0 Å². The summed E-state index contributed by atoms with van der Waals surface area (Å²) in [4.78, 5) is 0. The van der Waals surface area contributed by atoms with Gasteiger partial charge in [-0.25, -0.2) is 0 Å². The molecule has 0 aromatic heterocycles. The van der Waals surface area contributed by atoms with Gasteiger partial charge in [0.25, 0.3) is 0 Å². The van der Waals surface area contributed by atoms with Crippen LogP contribution >= 0.6 is 12.6 Å². The summed E-state index contributed by atoms with van der Waals surface area (Å²) in [5, 5.41) is 0. The maximum Gasteiger partial charge on any atom is 0.0904 e. The zero-order chi connectivity index (χ0) is 9.50. The first-order valence-corrected chi connectivity index (χ1v) is 4.46. The zero-order valence-corrected chi connectivity index (χ0v) is 9.42. The van der Waals surface area contributed by atoms with Crippen LogP contribution in [0.25, 0.3) is 0 Å². The molecule has 0 saturated carbocycles. The normalized spacial score (nSPS) is 15.2. The van der Waals surface area contributed by atoms with E-state index < -0.39 is 4.65 Å². The zero-order valence-electron chi connectivity index (χ0n) is 8.52. The highest BCUT2D eigenvalue weighted by Crippen LogP contribution is 2.45. The highest BCUT2D eigenvalue weighted by atomic mass is 32.1. The van der Waals surface area contributed by atoms with Crippen molar-refractivity contribution < 1.29 is 0 Å². The van der Waals surface area contributed by atoms with Gasteiger partial charge in [-0.15, -0.1) is 0 Å². The Bertz CT molecular complexity index is 121. The van der Waals surface area contributed by atoms with Crippen LogP contribution in [-0.2, 0) is 0 Å². The molecule has 0 aliphatic carbocycles. The molecule has 0 bridgehead atoms. The van der Waals surface area contributed by atoms with Gasteiger partial charge in [-0.3, -0.25) is 0 Å². The molecule has 0 atom stereocenters. The Labute approximate surface area is 78.0 Å². The number of hydrogen-bond donors (Lipinski definition) is 1. The second kappa shape index (κ2) is 2.72. The fraction of sp³-hybridized carbons (Fsp3) is 1.00. The largest absolute Gasteiger partial charge is 0.181 e. The molecule has 0 rings (SSSR count). The van der Waals surface area contributed by atoms with E-state index in [2.05, 4.69) is 54.2 Å². The molecule has 0 aliphatic rings. The molecule has 0 spiro atoms. The summed E-state index contributed by atoms with van der Waals surface area (Å²) in [5.41, 5.74) is 0.0444. The second-order valence-electron chi connectivity index (χ2n) is 5.27. The van der Waals surface area contributed by atoms with Gasteiger partial charge >= 0.3 is 0 Å². The van der Waals surface area contributed by atoms with Crippen molar-refractivity contribution in [1.29, 1.82) is 0 Å². The van der Waals surface area contributed by atoms with E-state index in [0.29, 0.717) is 0 Å². The van der Waals surface area contributed by atoms with Crippen molar-refractivity contribution in [2.24, 2.45) is 10.8 Å². The van der Waals surface area contributed by atoms with E-state index >= 15 is 0 Å². The van der Waals surface area contributed by atoms with E-state index in [1.54, 1.807) is 0 Å². The van der Waals surface area contributed by atoms with Crippen molar-refractivity contribution >= 4 is 20.5 Å². The lowest BCUT2D eigenvalue weighted by atomic mass is 9.56. The van der Waals surface area contributed by atoms with Crippen molar-refractivity contribution in [3.8, 4) is 0 Å². The molecule has 0 aromatic carbocycles. The summed E-state index contributed by atoms with van der Waals surface area (Å²) in [6.07, 6.45) is 0. The average molecular weight is 170 g/mol. The van der Waals surface area contributed by atoms with Gasteiger partial charge in [0.1, 0.15) is 0 Å². The fourth-order valence-electron chi connectivity index (χ4n) is 1.12. The van der Waals surface area contributed by atoms with Crippen molar-refractivity contribution in [3.05, 3.63) is 0 Å². The predicted molar refractivity (Wildman–Crippen MR) is 56.4 cm³/mol. The van der Waals surface area contributed by atoms with Crippen LogP contribution in [0.5, 0.6) is 0 Å². The summed E-state index contributed by atoms with van der Waals surface area (Å²) >= 11 is 4.53. The Morgan fingerprint density at radius 1 is 0.818 bits per heavy atom. The Hall–Kier alpha value is 0.415. The van der Waals surface area contributed by atoms with E-state index in [0.717, 1.165) is 0 Å². The Balaban J connectivity index is 4.75. The summed E-state index contributed by atoms with van der Waals surface area (Å²) in [6, 6.07) is 0. The molecule has 11 heavy (non-hydrogen) atoms. The van der Waals surface area contributed by atoms with Gasteiger partial charge in [-0.2, -0.15) is 12.6 Å². The average Bonchev–Trinajstić information content (AvgIpc) is 1.58. The maximum absolute atomic E-state index is 6.14. The Morgan fingerprint density at radius 2 is 1.00 bits per heavy atom. The third kappa shape index (κ3) is 2.17. The minimum Gasteiger partial charge on any atom is -0.181 e. The van der Waals surface area contributed by atoms with Crippen LogP contribution < -0.4 is 0 Å². The van der Waals surface area contributed by atoms with Crippen LogP contribution in [0.4, 0.5) is 0 Å². The monoisotopic (exact) mass is 170 g/mol. The topological polar surface area (TPSA) is 0 Å². The van der Waals surface area contributed by atoms with Gasteiger partial charge in [-0.1, -0.05) is 41.5 Å². The summed E-state index contributed by atoms with van der Waals surface area (Å²) in [7, 11) is 6.14. The molecule has 0 N–H and O–H groups in total.